The van der Waals surface area contributed by atoms with Crippen molar-refractivity contribution in [2.75, 3.05) is 0 Å². The molecule has 2 aliphatic rings. The molecule has 1 atom stereocenters. The number of piperidine rings is 1. The molecule has 0 bridgehead atoms. The Kier molecular flexibility index (Phi) is 5.22. The molecule has 0 aliphatic carbocycles. The first kappa shape index (κ1) is 22.8. The summed E-state index contributed by atoms with van der Waals surface area (Å²) >= 11 is 0. The summed E-state index contributed by atoms with van der Waals surface area (Å²) in [6.07, 6.45) is -3.05. The molecule has 11 heteroatoms. The van der Waals surface area contributed by atoms with Crippen LogP contribution in [0.15, 0.2) is 42.7 Å². The second kappa shape index (κ2) is 8.03. The quantitative estimate of drug-likeness (QED) is 0.452. The van der Waals surface area contributed by atoms with Crippen molar-refractivity contribution in [1.29, 1.82) is 0 Å². The van der Waals surface area contributed by atoms with E-state index in [1.165, 1.54) is 21.9 Å². The van der Waals surface area contributed by atoms with Gasteiger partial charge in [0, 0.05) is 36.7 Å². The zero-order valence-electron chi connectivity index (χ0n) is 18.3. The minimum atomic E-state index is -4.85. The monoisotopic (exact) mass is 486 g/mol. The number of nitrogens with zero attached hydrogens (tertiary/aromatic N) is 3. The van der Waals surface area contributed by atoms with Crippen LogP contribution in [0.3, 0.4) is 0 Å². The van der Waals surface area contributed by atoms with Crippen molar-refractivity contribution in [2.24, 2.45) is 7.05 Å². The Morgan fingerprint density at radius 1 is 1.06 bits per heavy atom. The van der Waals surface area contributed by atoms with E-state index in [1.807, 2.05) is 0 Å². The molecule has 1 aromatic heterocycles. The number of alkyl halides is 3. The van der Waals surface area contributed by atoms with Crippen LogP contribution in [-0.2, 0) is 29.4 Å². The van der Waals surface area contributed by atoms with Gasteiger partial charge in [-0.1, -0.05) is 6.07 Å². The molecule has 2 aromatic carbocycles. The van der Waals surface area contributed by atoms with Crippen molar-refractivity contribution < 1.29 is 31.9 Å². The predicted molar refractivity (Wildman–Crippen MR) is 115 cm³/mol. The standard InChI is InChI=1S/C24H18F4N4O3/c1-31-11-29-20(21(31)13-3-5-17(25)16(9-13)24(26,27)28)12-2-4-15-14(8-12)10-32(23(15)35)18-6-7-19(33)30-22(18)34/h2-5,8-9,11,18H,6-7,10H2,1H3,(H,30,33,34). The number of rotatable bonds is 3. The molecule has 0 radical (unpaired) electrons. The second-order valence-electron chi connectivity index (χ2n) is 8.52. The average Bonchev–Trinajstić information content (AvgIpc) is 3.33. The maximum absolute atomic E-state index is 13.8. The lowest BCUT2D eigenvalue weighted by atomic mass is 9.99. The van der Waals surface area contributed by atoms with Crippen LogP contribution in [0, 0.1) is 5.82 Å². The van der Waals surface area contributed by atoms with E-state index in [2.05, 4.69) is 10.3 Å². The molecule has 2 aliphatic heterocycles. The first-order chi connectivity index (χ1) is 16.5. The molecule has 0 saturated carbocycles. The molecule has 1 fully saturated rings. The van der Waals surface area contributed by atoms with E-state index in [0.29, 0.717) is 28.1 Å². The fraction of sp³-hybridized carbons (Fsp3) is 0.250. The van der Waals surface area contributed by atoms with Gasteiger partial charge in [-0.05, 0) is 42.3 Å². The van der Waals surface area contributed by atoms with Gasteiger partial charge in [0.05, 0.1) is 23.3 Å². The van der Waals surface area contributed by atoms with Gasteiger partial charge >= 0.3 is 6.18 Å². The average molecular weight is 486 g/mol. The number of benzene rings is 2. The number of aryl methyl sites for hydroxylation is 1. The molecule has 7 nitrogen and oxygen atoms in total. The summed E-state index contributed by atoms with van der Waals surface area (Å²) in [6.45, 7) is 0.144. The maximum atomic E-state index is 13.8. The number of aromatic nitrogens is 2. The third-order valence-electron chi connectivity index (χ3n) is 6.28. The van der Waals surface area contributed by atoms with E-state index in [-0.39, 0.29) is 36.8 Å². The first-order valence-corrected chi connectivity index (χ1v) is 10.7. The maximum Gasteiger partial charge on any atom is 0.419 e. The summed E-state index contributed by atoms with van der Waals surface area (Å²) in [5.41, 5.74) is 1.05. The third-order valence-corrected chi connectivity index (χ3v) is 6.28. The molecule has 35 heavy (non-hydrogen) atoms. The van der Waals surface area contributed by atoms with Crippen LogP contribution in [0.1, 0.15) is 34.3 Å². The smallest absolute Gasteiger partial charge is 0.333 e. The van der Waals surface area contributed by atoms with Crippen LogP contribution in [0.25, 0.3) is 22.5 Å². The highest BCUT2D eigenvalue weighted by Gasteiger charge is 2.39. The molecule has 1 unspecified atom stereocenters. The van der Waals surface area contributed by atoms with Crippen LogP contribution in [0.2, 0.25) is 0 Å². The fourth-order valence-electron chi connectivity index (χ4n) is 4.59. The van der Waals surface area contributed by atoms with E-state index in [1.54, 1.807) is 25.2 Å². The molecule has 3 aromatic rings. The highest BCUT2D eigenvalue weighted by molar-refractivity contribution is 6.05. The molecule has 3 amide bonds. The minimum Gasteiger partial charge on any atom is -0.333 e. The Morgan fingerprint density at radius 2 is 1.80 bits per heavy atom. The van der Waals surface area contributed by atoms with Crippen molar-refractivity contribution in [3.8, 4) is 22.5 Å². The number of carbonyl (C=O) groups is 3. The number of imide groups is 1. The number of imidazole rings is 1. The summed E-state index contributed by atoms with van der Waals surface area (Å²) < 4.78 is 55.2. The minimum absolute atomic E-state index is 0.135. The summed E-state index contributed by atoms with van der Waals surface area (Å²) in [5.74, 6) is -2.61. The summed E-state index contributed by atoms with van der Waals surface area (Å²) in [4.78, 5) is 42.4. The lowest BCUT2D eigenvalue weighted by molar-refractivity contribution is -0.140. The molecule has 1 saturated heterocycles. The van der Waals surface area contributed by atoms with E-state index in [0.717, 1.165) is 12.1 Å². The summed E-state index contributed by atoms with van der Waals surface area (Å²) in [5, 5.41) is 2.25. The number of hydrogen-bond acceptors (Lipinski definition) is 4. The van der Waals surface area contributed by atoms with Crippen LogP contribution in [0.5, 0.6) is 0 Å². The van der Waals surface area contributed by atoms with Crippen LogP contribution < -0.4 is 5.32 Å². The molecular formula is C24H18F4N4O3. The number of nitrogens with one attached hydrogen (secondary N) is 1. The summed E-state index contributed by atoms with van der Waals surface area (Å²) in [7, 11) is 1.62. The van der Waals surface area contributed by atoms with Crippen molar-refractivity contribution in [3.05, 3.63) is 65.2 Å². The Bertz CT molecular complexity index is 1400. The molecule has 3 heterocycles. The number of fused-ring (bicyclic) bond motifs is 1. The molecule has 5 rings (SSSR count). The van der Waals surface area contributed by atoms with Gasteiger partial charge in [-0.2, -0.15) is 13.2 Å². The Labute approximate surface area is 196 Å². The van der Waals surface area contributed by atoms with Crippen molar-refractivity contribution in [2.45, 2.75) is 31.6 Å². The van der Waals surface area contributed by atoms with E-state index in [9.17, 15) is 31.9 Å². The topological polar surface area (TPSA) is 84.3 Å². The zero-order chi connectivity index (χ0) is 25.1. The number of amides is 3. The first-order valence-electron chi connectivity index (χ1n) is 10.7. The van der Waals surface area contributed by atoms with E-state index < -0.39 is 29.5 Å². The van der Waals surface area contributed by atoms with Crippen molar-refractivity contribution in [1.82, 2.24) is 19.8 Å². The summed E-state index contributed by atoms with van der Waals surface area (Å²) in [6, 6.07) is 6.94. The van der Waals surface area contributed by atoms with Crippen molar-refractivity contribution in [3.63, 3.8) is 0 Å². The highest BCUT2D eigenvalue weighted by Crippen LogP contribution is 2.38. The molecule has 180 valence electrons. The fourth-order valence-corrected chi connectivity index (χ4v) is 4.59. The Hall–Kier alpha value is -4.02. The molecule has 0 spiro atoms. The molecule has 1 N–H and O–H groups in total. The number of hydrogen-bond donors (Lipinski definition) is 1. The van der Waals surface area contributed by atoms with Gasteiger partial charge in [-0.15, -0.1) is 0 Å². The van der Waals surface area contributed by atoms with Gasteiger partial charge in [0.25, 0.3) is 5.91 Å². The van der Waals surface area contributed by atoms with Crippen LogP contribution in [0.4, 0.5) is 17.6 Å². The normalized spacial score (nSPS) is 18.1. The van der Waals surface area contributed by atoms with Gasteiger partial charge < -0.3 is 9.47 Å². The Balaban J connectivity index is 1.51. The largest absolute Gasteiger partial charge is 0.419 e. The van der Waals surface area contributed by atoms with Gasteiger partial charge in [-0.3, -0.25) is 19.7 Å². The van der Waals surface area contributed by atoms with Crippen molar-refractivity contribution >= 4 is 17.7 Å². The predicted octanol–water partition coefficient (Wildman–Crippen LogP) is 3.67. The number of carbonyl (C=O) groups excluding carboxylic acids is 3. The van der Waals surface area contributed by atoms with Gasteiger partial charge in [-0.25, -0.2) is 9.37 Å². The van der Waals surface area contributed by atoms with Crippen LogP contribution >= 0.6 is 0 Å². The second-order valence-corrected chi connectivity index (χ2v) is 8.52. The molecular weight excluding hydrogens is 468 g/mol. The lowest BCUT2D eigenvalue weighted by Gasteiger charge is -2.29. The van der Waals surface area contributed by atoms with Gasteiger partial charge in [0.1, 0.15) is 11.9 Å². The highest BCUT2D eigenvalue weighted by atomic mass is 19.4. The third kappa shape index (κ3) is 3.86. The zero-order valence-corrected chi connectivity index (χ0v) is 18.3. The van der Waals surface area contributed by atoms with E-state index >= 15 is 0 Å². The lowest BCUT2D eigenvalue weighted by Crippen LogP contribution is -2.52. The van der Waals surface area contributed by atoms with Crippen LogP contribution in [-0.4, -0.2) is 38.2 Å². The van der Waals surface area contributed by atoms with Gasteiger partial charge in [0.2, 0.25) is 11.8 Å². The van der Waals surface area contributed by atoms with Gasteiger partial charge in [0.15, 0.2) is 0 Å². The van der Waals surface area contributed by atoms with E-state index in [4.69, 9.17) is 0 Å². The SMILES string of the molecule is Cn1cnc(-c2ccc3c(c2)CN(C2CCC(=O)NC2=O)C3=O)c1-c1ccc(F)c(C(F)(F)F)c1. The Morgan fingerprint density at radius 3 is 2.51 bits per heavy atom. The number of halogens is 4.